The molecule has 1 saturated carbocycles. The maximum atomic E-state index is 12.4. The second-order valence-electron chi connectivity index (χ2n) is 5.55. The fraction of sp³-hybridized carbons (Fsp3) is 0.500. The molecular weight excluding hydrogens is 262 g/mol. The lowest BCUT2D eigenvalue weighted by Crippen LogP contribution is -2.24. The highest BCUT2D eigenvalue weighted by Crippen LogP contribution is 2.40. The van der Waals surface area contributed by atoms with Crippen LogP contribution in [0.1, 0.15) is 43.0 Å². The zero-order chi connectivity index (χ0) is 14.1. The molecule has 0 saturated heterocycles. The number of Topliss-reactive ketones (excluding diaryl/α,β-unsaturated/α-hetero) is 1. The van der Waals surface area contributed by atoms with Gasteiger partial charge in [-0.25, -0.2) is 8.42 Å². The molecule has 104 valence electrons. The molecule has 0 heterocycles. The first kappa shape index (κ1) is 14.1. The van der Waals surface area contributed by atoms with E-state index in [1.807, 2.05) is 6.92 Å². The molecule has 0 bridgehead atoms. The number of hydrogen-bond donors (Lipinski definition) is 1. The van der Waals surface area contributed by atoms with E-state index in [0.29, 0.717) is 11.3 Å². The summed E-state index contributed by atoms with van der Waals surface area (Å²) < 4.78 is 24.6. The van der Waals surface area contributed by atoms with Gasteiger partial charge in [0.15, 0.2) is 5.78 Å². The number of nitrogens with one attached hydrogen (secondary N) is 1. The topological polar surface area (TPSA) is 63.2 Å². The Morgan fingerprint density at radius 3 is 2.16 bits per heavy atom. The number of rotatable bonds is 4. The second-order valence-corrected chi connectivity index (χ2v) is 7.30. The van der Waals surface area contributed by atoms with Crippen LogP contribution in [0.4, 0.5) is 5.69 Å². The molecule has 0 atom stereocenters. The summed E-state index contributed by atoms with van der Waals surface area (Å²) in [6.07, 6.45) is 5.20. The van der Waals surface area contributed by atoms with Gasteiger partial charge in [-0.15, -0.1) is 0 Å². The minimum atomic E-state index is -3.27. The Bertz CT molecular complexity index is 569. The van der Waals surface area contributed by atoms with Crippen LogP contribution < -0.4 is 4.72 Å². The van der Waals surface area contributed by atoms with Crippen molar-refractivity contribution in [2.24, 2.45) is 5.41 Å². The molecule has 0 unspecified atom stereocenters. The molecule has 0 amide bonds. The molecule has 0 aromatic heterocycles. The minimum absolute atomic E-state index is 0.163. The van der Waals surface area contributed by atoms with Crippen molar-refractivity contribution in [1.82, 2.24) is 0 Å². The van der Waals surface area contributed by atoms with Gasteiger partial charge in [-0.05, 0) is 37.1 Å². The summed E-state index contributed by atoms with van der Waals surface area (Å²) in [4.78, 5) is 12.4. The van der Waals surface area contributed by atoms with Crippen molar-refractivity contribution in [2.45, 2.75) is 32.6 Å². The Labute approximate surface area is 114 Å². The first-order valence-electron chi connectivity index (χ1n) is 6.43. The first-order chi connectivity index (χ1) is 8.80. The van der Waals surface area contributed by atoms with Gasteiger partial charge in [-0.1, -0.05) is 19.8 Å². The molecule has 4 nitrogen and oxygen atoms in total. The van der Waals surface area contributed by atoms with E-state index in [1.165, 1.54) is 0 Å². The summed E-state index contributed by atoms with van der Waals surface area (Å²) in [5, 5.41) is 0. The monoisotopic (exact) mass is 281 g/mol. The molecule has 5 heteroatoms. The van der Waals surface area contributed by atoms with Crippen molar-refractivity contribution < 1.29 is 13.2 Å². The van der Waals surface area contributed by atoms with Crippen LogP contribution in [0.3, 0.4) is 0 Å². The van der Waals surface area contributed by atoms with E-state index in [-0.39, 0.29) is 11.2 Å². The smallest absolute Gasteiger partial charge is 0.229 e. The van der Waals surface area contributed by atoms with E-state index in [2.05, 4.69) is 4.72 Å². The Kier molecular flexibility index (Phi) is 3.67. The first-order valence-corrected chi connectivity index (χ1v) is 8.32. The molecule has 0 radical (unpaired) electrons. The highest BCUT2D eigenvalue weighted by atomic mass is 32.2. The maximum absolute atomic E-state index is 12.4. The van der Waals surface area contributed by atoms with E-state index in [0.717, 1.165) is 31.9 Å². The van der Waals surface area contributed by atoms with Crippen molar-refractivity contribution in [2.75, 3.05) is 11.0 Å². The average molecular weight is 281 g/mol. The van der Waals surface area contributed by atoms with Crippen LogP contribution in [0.15, 0.2) is 24.3 Å². The lowest BCUT2D eigenvalue weighted by atomic mass is 9.81. The highest BCUT2D eigenvalue weighted by molar-refractivity contribution is 7.92. The fourth-order valence-corrected chi connectivity index (χ4v) is 3.20. The Morgan fingerprint density at radius 2 is 1.68 bits per heavy atom. The summed E-state index contributed by atoms with van der Waals surface area (Å²) >= 11 is 0. The van der Waals surface area contributed by atoms with Gasteiger partial charge in [0.1, 0.15) is 0 Å². The van der Waals surface area contributed by atoms with Gasteiger partial charge in [0.2, 0.25) is 10.0 Å². The lowest BCUT2D eigenvalue weighted by Gasteiger charge is -2.21. The second kappa shape index (κ2) is 4.96. The van der Waals surface area contributed by atoms with Crippen molar-refractivity contribution >= 4 is 21.5 Å². The largest absolute Gasteiger partial charge is 0.294 e. The van der Waals surface area contributed by atoms with E-state index < -0.39 is 10.0 Å². The SMILES string of the molecule is CC1(C(=O)c2ccc(NS(C)(=O)=O)cc2)CCCC1. The molecule has 1 fully saturated rings. The lowest BCUT2D eigenvalue weighted by molar-refractivity contribution is 0.0823. The van der Waals surface area contributed by atoms with Crippen LogP contribution in [0.25, 0.3) is 0 Å². The number of hydrogen-bond acceptors (Lipinski definition) is 3. The third-order valence-electron chi connectivity index (χ3n) is 3.71. The van der Waals surface area contributed by atoms with Crippen molar-refractivity contribution in [3.63, 3.8) is 0 Å². The zero-order valence-electron chi connectivity index (χ0n) is 11.3. The van der Waals surface area contributed by atoms with Gasteiger partial charge >= 0.3 is 0 Å². The molecule has 1 aliphatic carbocycles. The quantitative estimate of drug-likeness (QED) is 0.863. The molecule has 0 aliphatic heterocycles. The van der Waals surface area contributed by atoms with Gasteiger partial charge in [0.05, 0.1) is 6.26 Å². The molecule has 1 aromatic carbocycles. The summed E-state index contributed by atoms with van der Waals surface area (Å²) in [6.45, 7) is 2.02. The minimum Gasteiger partial charge on any atom is -0.294 e. The van der Waals surface area contributed by atoms with Gasteiger partial charge in [0, 0.05) is 16.7 Å². The van der Waals surface area contributed by atoms with Crippen molar-refractivity contribution in [1.29, 1.82) is 0 Å². The molecule has 2 rings (SSSR count). The molecule has 1 aliphatic rings. The number of benzene rings is 1. The number of sulfonamides is 1. The molecule has 19 heavy (non-hydrogen) atoms. The van der Waals surface area contributed by atoms with E-state index in [4.69, 9.17) is 0 Å². The number of ketones is 1. The van der Waals surface area contributed by atoms with Gasteiger partial charge in [-0.2, -0.15) is 0 Å². The number of carbonyl (C=O) groups is 1. The van der Waals surface area contributed by atoms with E-state index in [9.17, 15) is 13.2 Å². The van der Waals surface area contributed by atoms with Crippen LogP contribution in [-0.4, -0.2) is 20.5 Å². The predicted octanol–water partition coefficient (Wildman–Crippen LogP) is 2.82. The van der Waals surface area contributed by atoms with Gasteiger partial charge in [-0.3, -0.25) is 9.52 Å². The predicted molar refractivity (Wildman–Crippen MR) is 75.8 cm³/mol. The van der Waals surface area contributed by atoms with E-state index in [1.54, 1.807) is 24.3 Å². The van der Waals surface area contributed by atoms with Crippen LogP contribution in [0.5, 0.6) is 0 Å². The average Bonchev–Trinajstić information content (AvgIpc) is 2.75. The Balaban J connectivity index is 2.16. The Morgan fingerprint density at radius 1 is 1.16 bits per heavy atom. The normalized spacial score (nSPS) is 18.2. The van der Waals surface area contributed by atoms with Crippen LogP contribution >= 0.6 is 0 Å². The highest BCUT2D eigenvalue weighted by Gasteiger charge is 2.36. The van der Waals surface area contributed by atoms with E-state index >= 15 is 0 Å². The molecular formula is C14H19NO3S. The maximum Gasteiger partial charge on any atom is 0.229 e. The fourth-order valence-electron chi connectivity index (χ4n) is 2.63. The molecule has 1 aromatic rings. The van der Waals surface area contributed by atoms with Crippen molar-refractivity contribution in [3.05, 3.63) is 29.8 Å². The molecule has 0 spiro atoms. The number of anilines is 1. The van der Waals surface area contributed by atoms with Gasteiger partial charge in [0.25, 0.3) is 0 Å². The standard InChI is InChI=1S/C14H19NO3S/c1-14(9-3-4-10-14)13(16)11-5-7-12(8-6-11)15-19(2,17)18/h5-8,15H,3-4,9-10H2,1-2H3. The van der Waals surface area contributed by atoms with Gasteiger partial charge < -0.3 is 0 Å². The molecule has 1 N–H and O–H groups in total. The Hall–Kier alpha value is -1.36. The zero-order valence-corrected chi connectivity index (χ0v) is 12.1. The van der Waals surface area contributed by atoms with Crippen LogP contribution in [0, 0.1) is 5.41 Å². The van der Waals surface area contributed by atoms with Crippen LogP contribution in [0.2, 0.25) is 0 Å². The summed E-state index contributed by atoms with van der Waals surface area (Å²) in [5.74, 6) is 0.163. The third kappa shape index (κ3) is 3.35. The summed E-state index contributed by atoms with van der Waals surface area (Å²) in [7, 11) is -3.27. The van der Waals surface area contributed by atoms with Crippen molar-refractivity contribution in [3.8, 4) is 0 Å². The number of carbonyl (C=O) groups excluding carboxylic acids is 1. The summed E-state index contributed by atoms with van der Waals surface area (Å²) in [6, 6.07) is 6.65. The summed E-state index contributed by atoms with van der Waals surface area (Å²) in [5.41, 5.74) is 0.894. The third-order valence-corrected chi connectivity index (χ3v) is 4.31. The van der Waals surface area contributed by atoms with Crippen LogP contribution in [-0.2, 0) is 10.0 Å².